The predicted octanol–water partition coefficient (Wildman–Crippen LogP) is 4.53. The van der Waals surface area contributed by atoms with E-state index in [9.17, 15) is 9.59 Å². The number of anilines is 1. The lowest BCUT2D eigenvalue weighted by Crippen LogP contribution is -2.42. The second-order valence-electron chi connectivity index (χ2n) is 8.11. The summed E-state index contributed by atoms with van der Waals surface area (Å²) < 4.78 is 11.3. The fraction of sp³-hybridized carbons (Fsp3) is 0.375. The summed E-state index contributed by atoms with van der Waals surface area (Å²) in [5.41, 5.74) is 3.60. The Morgan fingerprint density at radius 1 is 1.19 bits per heavy atom. The number of ether oxygens (including phenoxy) is 1. The molecule has 0 radical (unpaired) electrons. The van der Waals surface area contributed by atoms with Gasteiger partial charge >= 0.3 is 0 Å². The standard InChI is InChI=1S/C24H27N3O4S/c1-15-4-5-20(12-16(15)2)31-19-6-9-27(10-7-19)22(28)13-18-14-32-24(25-18)26-23(29)21-8-11-30-17(21)3/h4-5,8,11-12,14,19H,6-7,9-10,13H2,1-3H3,(H,25,26,29). The van der Waals surface area contributed by atoms with Gasteiger partial charge in [-0.2, -0.15) is 0 Å². The second-order valence-corrected chi connectivity index (χ2v) is 8.97. The van der Waals surface area contributed by atoms with E-state index in [1.165, 1.54) is 28.7 Å². The highest BCUT2D eigenvalue weighted by atomic mass is 32.1. The van der Waals surface area contributed by atoms with E-state index in [-0.39, 0.29) is 24.3 Å². The fourth-order valence-electron chi connectivity index (χ4n) is 3.70. The molecule has 1 aromatic carbocycles. The van der Waals surface area contributed by atoms with Gasteiger partial charge < -0.3 is 14.1 Å². The number of nitrogens with zero attached hydrogens (tertiary/aromatic N) is 2. The number of likely N-dealkylation sites (tertiary alicyclic amines) is 1. The minimum Gasteiger partial charge on any atom is -0.490 e. The summed E-state index contributed by atoms with van der Waals surface area (Å²) in [6.07, 6.45) is 3.43. The normalized spacial score (nSPS) is 14.4. The average molecular weight is 454 g/mol. The Labute approximate surface area is 191 Å². The first kappa shape index (κ1) is 22.1. The maximum Gasteiger partial charge on any atom is 0.260 e. The Kier molecular flexibility index (Phi) is 6.60. The van der Waals surface area contributed by atoms with Crippen LogP contribution in [0.4, 0.5) is 5.13 Å². The number of hydrogen-bond donors (Lipinski definition) is 1. The molecule has 0 bridgehead atoms. The van der Waals surface area contributed by atoms with Crippen LogP contribution in [-0.2, 0) is 11.2 Å². The largest absolute Gasteiger partial charge is 0.490 e. The van der Waals surface area contributed by atoms with Crippen molar-refractivity contribution in [3.05, 3.63) is 64.1 Å². The van der Waals surface area contributed by atoms with Gasteiger partial charge in [-0.25, -0.2) is 4.98 Å². The van der Waals surface area contributed by atoms with Gasteiger partial charge in [-0.3, -0.25) is 14.9 Å². The van der Waals surface area contributed by atoms with E-state index in [2.05, 4.69) is 36.3 Å². The van der Waals surface area contributed by atoms with Gasteiger partial charge in [-0.1, -0.05) is 6.07 Å². The number of hydrogen-bond acceptors (Lipinski definition) is 6. The van der Waals surface area contributed by atoms with Gasteiger partial charge in [0.1, 0.15) is 17.6 Å². The van der Waals surface area contributed by atoms with E-state index in [4.69, 9.17) is 9.15 Å². The predicted molar refractivity (Wildman–Crippen MR) is 123 cm³/mol. The van der Waals surface area contributed by atoms with Gasteiger partial charge in [0.25, 0.3) is 5.91 Å². The van der Waals surface area contributed by atoms with Gasteiger partial charge in [0.05, 0.1) is 23.9 Å². The fourth-order valence-corrected chi connectivity index (χ4v) is 4.41. The molecule has 7 nitrogen and oxygen atoms in total. The number of rotatable bonds is 6. The van der Waals surface area contributed by atoms with Crippen molar-refractivity contribution in [2.24, 2.45) is 0 Å². The van der Waals surface area contributed by atoms with Crippen molar-refractivity contribution >= 4 is 28.3 Å². The number of thiazole rings is 1. The third kappa shape index (κ3) is 5.19. The number of aromatic nitrogens is 1. The minimum atomic E-state index is -0.269. The summed E-state index contributed by atoms with van der Waals surface area (Å²) in [5, 5.41) is 5.04. The van der Waals surface area contributed by atoms with Crippen LogP contribution < -0.4 is 10.1 Å². The number of piperidine rings is 1. The first-order valence-electron chi connectivity index (χ1n) is 10.7. The molecule has 1 aliphatic heterocycles. The van der Waals surface area contributed by atoms with E-state index < -0.39 is 0 Å². The van der Waals surface area contributed by atoms with Gasteiger partial charge in [0, 0.05) is 31.3 Å². The molecule has 1 N–H and O–H groups in total. The van der Waals surface area contributed by atoms with Crippen LogP contribution in [0.25, 0.3) is 0 Å². The number of carbonyl (C=O) groups excluding carboxylic acids is 2. The molecular weight excluding hydrogens is 426 g/mol. The Balaban J connectivity index is 1.26. The molecule has 1 aliphatic rings. The van der Waals surface area contributed by atoms with Crippen LogP contribution in [0, 0.1) is 20.8 Å². The Hall–Kier alpha value is -3.13. The Morgan fingerprint density at radius 2 is 1.97 bits per heavy atom. The first-order chi connectivity index (χ1) is 15.4. The van der Waals surface area contributed by atoms with E-state index in [0.29, 0.717) is 35.2 Å². The molecule has 0 aliphatic carbocycles. The van der Waals surface area contributed by atoms with E-state index >= 15 is 0 Å². The van der Waals surface area contributed by atoms with Crippen LogP contribution in [-0.4, -0.2) is 40.9 Å². The molecule has 8 heteroatoms. The smallest absolute Gasteiger partial charge is 0.260 e. The van der Waals surface area contributed by atoms with E-state index in [1.54, 1.807) is 13.0 Å². The number of amides is 2. The lowest BCUT2D eigenvalue weighted by atomic mass is 10.1. The van der Waals surface area contributed by atoms with Crippen molar-refractivity contribution in [2.45, 2.75) is 46.1 Å². The number of carbonyl (C=O) groups is 2. The third-order valence-corrected chi connectivity index (χ3v) is 6.59. The molecule has 0 spiro atoms. The van der Waals surface area contributed by atoms with Crippen LogP contribution in [0.15, 0.2) is 40.3 Å². The minimum absolute atomic E-state index is 0.0449. The van der Waals surface area contributed by atoms with E-state index in [1.807, 2.05) is 16.3 Å². The summed E-state index contributed by atoms with van der Waals surface area (Å²) in [6, 6.07) is 7.77. The quantitative estimate of drug-likeness (QED) is 0.593. The van der Waals surface area contributed by atoms with Crippen molar-refractivity contribution in [1.82, 2.24) is 9.88 Å². The lowest BCUT2D eigenvalue weighted by Gasteiger charge is -2.32. The maximum absolute atomic E-state index is 12.7. The molecule has 1 saturated heterocycles. The number of aryl methyl sites for hydroxylation is 3. The van der Waals surface area contributed by atoms with Crippen molar-refractivity contribution in [3.63, 3.8) is 0 Å². The molecule has 3 heterocycles. The molecule has 168 valence electrons. The highest BCUT2D eigenvalue weighted by Gasteiger charge is 2.25. The summed E-state index contributed by atoms with van der Waals surface area (Å²) in [7, 11) is 0. The van der Waals surface area contributed by atoms with Gasteiger partial charge in [0.15, 0.2) is 5.13 Å². The molecule has 2 amide bonds. The SMILES string of the molecule is Cc1ccc(OC2CCN(C(=O)Cc3csc(NC(=O)c4ccoc4C)n3)CC2)cc1C. The zero-order valence-electron chi connectivity index (χ0n) is 18.5. The van der Waals surface area contributed by atoms with Crippen LogP contribution in [0.3, 0.4) is 0 Å². The summed E-state index contributed by atoms with van der Waals surface area (Å²) in [4.78, 5) is 31.3. The van der Waals surface area contributed by atoms with E-state index in [0.717, 1.165) is 18.6 Å². The Morgan fingerprint density at radius 3 is 2.66 bits per heavy atom. The molecule has 4 rings (SSSR count). The van der Waals surface area contributed by atoms with Gasteiger partial charge in [0.2, 0.25) is 5.91 Å². The zero-order valence-corrected chi connectivity index (χ0v) is 19.3. The molecular formula is C24H27N3O4S. The van der Waals surface area contributed by atoms with Crippen molar-refractivity contribution < 1.29 is 18.7 Å². The van der Waals surface area contributed by atoms with Gasteiger partial charge in [-0.15, -0.1) is 11.3 Å². The molecule has 0 unspecified atom stereocenters. The van der Waals surface area contributed by atoms with Crippen LogP contribution in [0.1, 0.15) is 45.8 Å². The van der Waals surface area contributed by atoms with Crippen molar-refractivity contribution in [3.8, 4) is 5.75 Å². The molecule has 0 atom stereocenters. The number of benzene rings is 1. The molecule has 1 fully saturated rings. The average Bonchev–Trinajstić information content (AvgIpc) is 3.40. The Bertz CT molecular complexity index is 1110. The molecule has 2 aromatic heterocycles. The second kappa shape index (κ2) is 9.56. The molecule has 0 saturated carbocycles. The monoisotopic (exact) mass is 453 g/mol. The van der Waals surface area contributed by atoms with Crippen LogP contribution >= 0.6 is 11.3 Å². The van der Waals surface area contributed by atoms with Crippen molar-refractivity contribution in [1.29, 1.82) is 0 Å². The lowest BCUT2D eigenvalue weighted by molar-refractivity contribution is -0.132. The van der Waals surface area contributed by atoms with Crippen LogP contribution in [0.5, 0.6) is 5.75 Å². The summed E-state index contributed by atoms with van der Waals surface area (Å²) in [6.45, 7) is 7.24. The number of nitrogens with one attached hydrogen (secondary N) is 1. The van der Waals surface area contributed by atoms with Crippen molar-refractivity contribution in [2.75, 3.05) is 18.4 Å². The first-order valence-corrected chi connectivity index (χ1v) is 11.6. The highest BCUT2D eigenvalue weighted by Crippen LogP contribution is 2.23. The molecule has 32 heavy (non-hydrogen) atoms. The van der Waals surface area contributed by atoms with Gasteiger partial charge in [-0.05, 0) is 50.1 Å². The van der Waals surface area contributed by atoms with Crippen LogP contribution in [0.2, 0.25) is 0 Å². The third-order valence-electron chi connectivity index (χ3n) is 5.78. The summed E-state index contributed by atoms with van der Waals surface area (Å²) in [5.74, 6) is 1.22. The summed E-state index contributed by atoms with van der Waals surface area (Å²) >= 11 is 1.31. The number of furan rings is 1. The highest BCUT2D eigenvalue weighted by molar-refractivity contribution is 7.14. The maximum atomic E-state index is 12.7. The zero-order chi connectivity index (χ0) is 22.7. The molecule has 3 aromatic rings. The topological polar surface area (TPSA) is 84.7 Å².